The average Bonchev–Trinajstić information content (AvgIpc) is 2.29. The Bertz CT molecular complexity index is 557. The van der Waals surface area contributed by atoms with Crippen LogP contribution < -0.4 is 11.1 Å². The number of halogens is 1. The van der Waals surface area contributed by atoms with Crippen LogP contribution >= 0.6 is 23.8 Å². The van der Waals surface area contributed by atoms with E-state index in [2.05, 4.69) is 10.3 Å². The minimum Gasteiger partial charge on any atom is -0.389 e. The standard InChI is InChI=1S/C12H10ClN3S/c13-8-2-1-3-9(6-8)16-11-7-15-5-4-10(11)12(14)17/h1-7,16H,(H2,14,17). The molecule has 86 valence electrons. The summed E-state index contributed by atoms with van der Waals surface area (Å²) in [7, 11) is 0. The van der Waals surface area contributed by atoms with Crippen LogP contribution in [0.5, 0.6) is 0 Å². The maximum absolute atomic E-state index is 5.91. The van der Waals surface area contributed by atoms with E-state index in [-0.39, 0.29) is 0 Å². The van der Waals surface area contributed by atoms with E-state index < -0.39 is 0 Å². The van der Waals surface area contributed by atoms with E-state index >= 15 is 0 Å². The van der Waals surface area contributed by atoms with Gasteiger partial charge in [-0.3, -0.25) is 4.98 Å². The predicted octanol–water partition coefficient (Wildman–Crippen LogP) is 3.11. The van der Waals surface area contributed by atoms with Crippen LogP contribution in [0, 0.1) is 0 Å². The number of thiocarbonyl (C=S) groups is 1. The molecule has 5 heteroatoms. The highest BCUT2D eigenvalue weighted by molar-refractivity contribution is 7.80. The van der Waals surface area contributed by atoms with E-state index in [0.717, 1.165) is 16.9 Å². The maximum Gasteiger partial charge on any atom is 0.106 e. The van der Waals surface area contributed by atoms with Gasteiger partial charge >= 0.3 is 0 Å². The highest BCUT2D eigenvalue weighted by Crippen LogP contribution is 2.22. The third kappa shape index (κ3) is 2.93. The number of anilines is 2. The van der Waals surface area contributed by atoms with Crippen LogP contribution in [0.4, 0.5) is 11.4 Å². The van der Waals surface area contributed by atoms with Crippen molar-refractivity contribution in [1.82, 2.24) is 4.98 Å². The lowest BCUT2D eigenvalue weighted by atomic mass is 10.2. The molecule has 0 amide bonds. The highest BCUT2D eigenvalue weighted by Gasteiger charge is 2.05. The Labute approximate surface area is 110 Å². The molecule has 1 aromatic carbocycles. The second-order valence-corrected chi connectivity index (χ2v) is 4.30. The van der Waals surface area contributed by atoms with E-state index in [4.69, 9.17) is 29.6 Å². The lowest BCUT2D eigenvalue weighted by Gasteiger charge is -2.10. The summed E-state index contributed by atoms with van der Waals surface area (Å²) in [5.41, 5.74) is 8.02. The van der Waals surface area contributed by atoms with Crippen molar-refractivity contribution in [2.45, 2.75) is 0 Å². The van der Waals surface area contributed by atoms with Gasteiger partial charge in [0, 0.05) is 22.5 Å². The molecule has 0 unspecified atom stereocenters. The van der Waals surface area contributed by atoms with Crippen molar-refractivity contribution in [2.24, 2.45) is 5.73 Å². The Morgan fingerprint density at radius 2 is 2.18 bits per heavy atom. The first-order valence-corrected chi connectivity index (χ1v) is 5.72. The average molecular weight is 264 g/mol. The third-order valence-electron chi connectivity index (χ3n) is 2.19. The predicted molar refractivity (Wildman–Crippen MR) is 74.9 cm³/mol. The van der Waals surface area contributed by atoms with Crippen molar-refractivity contribution in [3.63, 3.8) is 0 Å². The van der Waals surface area contributed by atoms with Crippen molar-refractivity contribution < 1.29 is 0 Å². The molecule has 0 bridgehead atoms. The second kappa shape index (κ2) is 5.12. The Kier molecular flexibility index (Phi) is 3.56. The molecule has 2 rings (SSSR count). The molecule has 1 heterocycles. The molecule has 0 aliphatic carbocycles. The summed E-state index contributed by atoms with van der Waals surface area (Å²) in [6, 6.07) is 9.17. The van der Waals surface area contributed by atoms with Crippen LogP contribution in [0.1, 0.15) is 5.56 Å². The third-order valence-corrected chi connectivity index (χ3v) is 2.65. The first-order valence-electron chi connectivity index (χ1n) is 4.93. The van der Waals surface area contributed by atoms with Crippen LogP contribution in [0.25, 0.3) is 0 Å². The lowest BCUT2D eigenvalue weighted by molar-refractivity contribution is 1.31. The first-order chi connectivity index (χ1) is 8.16. The molecule has 2 aromatic rings. The molecule has 0 radical (unpaired) electrons. The van der Waals surface area contributed by atoms with Gasteiger partial charge in [0.15, 0.2) is 0 Å². The van der Waals surface area contributed by atoms with Gasteiger partial charge in [0.25, 0.3) is 0 Å². The second-order valence-electron chi connectivity index (χ2n) is 3.42. The van der Waals surface area contributed by atoms with Crippen LogP contribution in [0.2, 0.25) is 5.02 Å². The summed E-state index contributed by atoms with van der Waals surface area (Å²) < 4.78 is 0. The number of rotatable bonds is 3. The van der Waals surface area contributed by atoms with Crippen molar-refractivity contribution >= 4 is 40.2 Å². The summed E-state index contributed by atoms with van der Waals surface area (Å²) in [6.07, 6.45) is 3.33. The summed E-state index contributed by atoms with van der Waals surface area (Å²) in [5, 5.41) is 3.84. The van der Waals surface area contributed by atoms with Gasteiger partial charge in [0.2, 0.25) is 0 Å². The topological polar surface area (TPSA) is 50.9 Å². The maximum atomic E-state index is 5.91. The quantitative estimate of drug-likeness (QED) is 0.836. The number of benzene rings is 1. The molecular weight excluding hydrogens is 254 g/mol. The summed E-state index contributed by atoms with van der Waals surface area (Å²) >= 11 is 10.9. The normalized spacial score (nSPS) is 9.94. The van der Waals surface area contributed by atoms with Crippen molar-refractivity contribution in [1.29, 1.82) is 0 Å². The largest absolute Gasteiger partial charge is 0.389 e. The summed E-state index contributed by atoms with van der Waals surface area (Å²) in [5.74, 6) is 0. The molecule has 0 spiro atoms. The van der Waals surface area contributed by atoms with E-state index in [0.29, 0.717) is 10.0 Å². The number of nitrogens with one attached hydrogen (secondary N) is 1. The Morgan fingerprint density at radius 1 is 1.35 bits per heavy atom. The van der Waals surface area contributed by atoms with Crippen LogP contribution in [-0.4, -0.2) is 9.97 Å². The molecule has 0 aliphatic rings. The van der Waals surface area contributed by atoms with Gasteiger partial charge in [-0.2, -0.15) is 0 Å². The number of nitrogens with two attached hydrogens (primary N) is 1. The van der Waals surface area contributed by atoms with Crippen molar-refractivity contribution in [3.8, 4) is 0 Å². The number of aromatic nitrogens is 1. The molecule has 17 heavy (non-hydrogen) atoms. The number of nitrogens with zero attached hydrogens (tertiary/aromatic N) is 1. The molecule has 0 fully saturated rings. The summed E-state index contributed by atoms with van der Waals surface area (Å²) in [4.78, 5) is 4.37. The van der Waals surface area contributed by atoms with Gasteiger partial charge in [-0.1, -0.05) is 29.9 Å². The fourth-order valence-corrected chi connectivity index (χ4v) is 1.80. The minimum atomic E-state index is 0.330. The van der Waals surface area contributed by atoms with E-state index in [1.54, 1.807) is 18.5 Å². The Balaban J connectivity index is 2.33. The fourth-order valence-electron chi connectivity index (χ4n) is 1.43. The van der Waals surface area contributed by atoms with Crippen molar-refractivity contribution in [3.05, 3.63) is 53.3 Å². The van der Waals surface area contributed by atoms with Crippen LogP contribution in [-0.2, 0) is 0 Å². The monoisotopic (exact) mass is 263 g/mol. The number of hydrogen-bond donors (Lipinski definition) is 2. The van der Waals surface area contributed by atoms with Crippen molar-refractivity contribution in [2.75, 3.05) is 5.32 Å². The number of pyridine rings is 1. The van der Waals surface area contributed by atoms with Gasteiger partial charge < -0.3 is 11.1 Å². The van der Waals surface area contributed by atoms with Gasteiger partial charge in [-0.25, -0.2) is 0 Å². The highest BCUT2D eigenvalue weighted by atomic mass is 35.5. The molecule has 0 atom stereocenters. The Hall–Kier alpha value is -1.65. The van der Waals surface area contributed by atoms with Gasteiger partial charge in [-0.15, -0.1) is 0 Å². The summed E-state index contributed by atoms with van der Waals surface area (Å²) in [6.45, 7) is 0. The lowest BCUT2D eigenvalue weighted by Crippen LogP contribution is -2.12. The minimum absolute atomic E-state index is 0.330. The van der Waals surface area contributed by atoms with Gasteiger partial charge in [0.1, 0.15) is 4.99 Å². The zero-order valence-corrected chi connectivity index (χ0v) is 10.4. The van der Waals surface area contributed by atoms with Crippen LogP contribution in [0.15, 0.2) is 42.7 Å². The zero-order valence-electron chi connectivity index (χ0n) is 8.85. The fraction of sp³-hybridized carbons (Fsp3) is 0. The molecule has 1 aromatic heterocycles. The molecule has 0 saturated heterocycles. The van der Waals surface area contributed by atoms with Gasteiger partial charge in [0.05, 0.1) is 11.9 Å². The Morgan fingerprint density at radius 3 is 2.88 bits per heavy atom. The molecular formula is C12H10ClN3S. The van der Waals surface area contributed by atoms with E-state index in [1.807, 2.05) is 24.3 Å². The van der Waals surface area contributed by atoms with E-state index in [9.17, 15) is 0 Å². The molecule has 3 nitrogen and oxygen atoms in total. The van der Waals surface area contributed by atoms with Crippen LogP contribution in [0.3, 0.4) is 0 Å². The molecule has 3 N–H and O–H groups in total. The SMILES string of the molecule is NC(=S)c1ccncc1Nc1cccc(Cl)c1. The molecule has 0 saturated carbocycles. The molecule has 0 aliphatic heterocycles. The zero-order chi connectivity index (χ0) is 12.3. The first kappa shape index (κ1) is 11.8. The van der Waals surface area contributed by atoms with Gasteiger partial charge in [-0.05, 0) is 24.3 Å². The number of hydrogen-bond acceptors (Lipinski definition) is 3. The smallest absolute Gasteiger partial charge is 0.106 e. The van der Waals surface area contributed by atoms with E-state index in [1.165, 1.54) is 0 Å².